The molecule has 0 bridgehead atoms. The van der Waals surface area contributed by atoms with Gasteiger partial charge < -0.3 is 4.90 Å². The highest BCUT2D eigenvalue weighted by Gasteiger charge is 2.19. The van der Waals surface area contributed by atoms with Gasteiger partial charge in [0.15, 0.2) is 0 Å². The summed E-state index contributed by atoms with van der Waals surface area (Å²) in [6, 6.07) is 6.40. The molecule has 0 aliphatic carbocycles. The van der Waals surface area contributed by atoms with E-state index >= 15 is 0 Å². The maximum Gasteiger partial charge on any atom is 0.0467 e. The first-order valence-electron chi connectivity index (χ1n) is 5.95. The minimum absolute atomic E-state index is 0.762. The van der Waals surface area contributed by atoms with Crippen LogP contribution in [-0.4, -0.2) is 24.1 Å². The Hall–Kier alpha value is 0.140. The van der Waals surface area contributed by atoms with E-state index < -0.39 is 0 Å². The van der Waals surface area contributed by atoms with Crippen LogP contribution in [0.15, 0.2) is 18.2 Å². The van der Waals surface area contributed by atoms with Crippen LogP contribution in [-0.2, 0) is 5.33 Å². The smallest absolute Gasteiger partial charge is 0.0467 e. The Balaban J connectivity index is 2.13. The normalized spacial score (nSPS) is 20.6. The molecule has 1 fully saturated rings. The Morgan fingerprint density at radius 2 is 2.35 bits per heavy atom. The molecule has 94 valence electrons. The lowest BCUT2D eigenvalue weighted by atomic mass is 10.2. The van der Waals surface area contributed by atoms with Crippen molar-refractivity contribution >= 4 is 45.0 Å². The molecule has 1 aromatic carbocycles. The minimum Gasteiger partial charge on any atom is -0.370 e. The number of hydrogen-bond acceptors (Lipinski definition) is 2. The van der Waals surface area contributed by atoms with Crippen LogP contribution in [0.4, 0.5) is 5.69 Å². The van der Waals surface area contributed by atoms with Gasteiger partial charge in [0, 0.05) is 40.1 Å². The van der Waals surface area contributed by atoms with E-state index in [0.717, 1.165) is 34.3 Å². The minimum atomic E-state index is 0.762. The predicted octanol–water partition coefficient (Wildman–Crippen LogP) is 4.57. The molecule has 1 unspecified atom stereocenters. The number of benzene rings is 1. The third-order valence-electron chi connectivity index (χ3n) is 3.14. The summed E-state index contributed by atoms with van der Waals surface area (Å²) in [5, 5.41) is 2.45. The molecule has 1 aliphatic heterocycles. The SMILES string of the molecule is CCC1CN(c2ccc(CBr)c(Cl)c2)CCS1. The van der Waals surface area contributed by atoms with E-state index in [9.17, 15) is 0 Å². The van der Waals surface area contributed by atoms with Crippen molar-refractivity contribution in [2.75, 3.05) is 23.7 Å². The van der Waals surface area contributed by atoms with Gasteiger partial charge in [0.2, 0.25) is 0 Å². The third kappa shape index (κ3) is 3.33. The summed E-state index contributed by atoms with van der Waals surface area (Å²) in [5.74, 6) is 1.22. The lowest BCUT2D eigenvalue weighted by Crippen LogP contribution is -2.37. The summed E-state index contributed by atoms with van der Waals surface area (Å²) in [6.07, 6.45) is 1.24. The Labute approximate surface area is 121 Å². The van der Waals surface area contributed by atoms with Crippen molar-refractivity contribution in [1.82, 2.24) is 0 Å². The number of rotatable bonds is 3. The van der Waals surface area contributed by atoms with Gasteiger partial charge in [-0.2, -0.15) is 11.8 Å². The molecule has 0 spiro atoms. The second-order valence-corrected chi connectivity index (χ2v) is 6.63. The largest absolute Gasteiger partial charge is 0.370 e. The van der Waals surface area contributed by atoms with Gasteiger partial charge >= 0.3 is 0 Å². The Morgan fingerprint density at radius 3 is 3.00 bits per heavy atom. The summed E-state index contributed by atoms with van der Waals surface area (Å²) >= 11 is 11.8. The first-order valence-corrected chi connectivity index (χ1v) is 8.50. The van der Waals surface area contributed by atoms with E-state index in [2.05, 4.69) is 57.7 Å². The fraction of sp³-hybridized carbons (Fsp3) is 0.538. The molecule has 4 heteroatoms. The molecule has 1 heterocycles. The van der Waals surface area contributed by atoms with E-state index in [1.807, 2.05) is 0 Å². The zero-order chi connectivity index (χ0) is 12.3. The fourth-order valence-electron chi connectivity index (χ4n) is 2.04. The van der Waals surface area contributed by atoms with Crippen LogP contribution in [0.3, 0.4) is 0 Å². The highest BCUT2D eigenvalue weighted by atomic mass is 79.9. The lowest BCUT2D eigenvalue weighted by molar-refractivity contribution is 0.728. The van der Waals surface area contributed by atoms with E-state index in [1.165, 1.54) is 17.9 Å². The highest BCUT2D eigenvalue weighted by molar-refractivity contribution is 9.08. The molecular weight excluding hydrogens is 318 g/mol. The molecule has 1 atom stereocenters. The molecule has 0 N–H and O–H groups in total. The van der Waals surface area contributed by atoms with Crippen LogP contribution < -0.4 is 4.90 Å². The van der Waals surface area contributed by atoms with Crippen molar-refractivity contribution in [1.29, 1.82) is 0 Å². The molecule has 1 aromatic rings. The fourth-order valence-corrected chi connectivity index (χ4v) is 4.11. The van der Waals surface area contributed by atoms with Crippen molar-refractivity contribution in [2.45, 2.75) is 23.9 Å². The summed E-state index contributed by atoms with van der Waals surface area (Å²) in [6.45, 7) is 4.54. The van der Waals surface area contributed by atoms with Gasteiger partial charge in [0.1, 0.15) is 0 Å². The van der Waals surface area contributed by atoms with Crippen LogP contribution in [0, 0.1) is 0 Å². The third-order valence-corrected chi connectivity index (χ3v) is 5.47. The molecule has 1 saturated heterocycles. The Morgan fingerprint density at radius 1 is 1.53 bits per heavy atom. The molecule has 1 nitrogen and oxygen atoms in total. The van der Waals surface area contributed by atoms with Crippen LogP contribution >= 0.6 is 39.3 Å². The monoisotopic (exact) mass is 333 g/mol. The molecule has 0 saturated carbocycles. The van der Waals surface area contributed by atoms with Crippen molar-refractivity contribution < 1.29 is 0 Å². The molecule has 0 aromatic heterocycles. The van der Waals surface area contributed by atoms with Gasteiger partial charge in [-0.3, -0.25) is 0 Å². The van der Waals surface area contributed by atoms with Crippen LogP contribution in [0.25, 0.3) is 0 Å². The van der Waals surface area contributed by atoms with E-state index in [-0.39, 0.29) is 0 Å². The first-order chi connectivity index (χ1) is 8.24. The van der Waals surface area contributed by atoms with E-state index in [1.54, 1.807) is 0 Å². The second-order valence-electron chi connectivity index (χ2n) is 4.26. The van der Waals surface area contributed by atoms with Gasteiger partial charge in [-0.1, -0.05) is 40.5 Å². The van der Waals surface area contributed by atoms with Gasteiger partial charge in [-0.05, 0) is 24.1 Å². The Bertz CT molecular complexity index is 386. The van der Waals surface area contributed by atoms with Crippen LogP contribution in [0.2, 0.25) is 5.02 Å². The van der Waals surface area contributed by atoms with Crippen molar-refractivity contribution in [3.05, 3.63) is 28.8 Å². The van der Waals surface area contributed by atoms with Gasteiger partial charge in [0.25, 0.3) is 0 Å². The maximum atomic E-state index is 6.26. The lowest BCUT2D eigenvalue weighted by Gasteiger charge is -2.33. The average Bonchev–Trinajstić information content (AvgIpc) is 2.38. The molecular formula is C13H17BrClNS. The van der Waals surface area contributed by atoms with Crippen LogP contribution in [0.1, 0.15) is 18.9 Å². The number of nitrogens with zero attached hydrogens (tertiary/aromatic N) is 1. The molecule has 1 aliphatic rings. The average molecular weight is 335 g/mol. The molecule has 17 heavy (non-hydrogen) atoms. The molecule has 0 radical (unpaired) electrons. The zero-order valence-corrected chi connectivity index (χ0v) is 13.1. The van der Waals surface area contributed by atoms with Crippen molar-refractivity contribution in [3.63, 3.8) is 0 Å². The number of anilines is 1. The van der Waals surface area contributed by atoms with Gasteiger partial charge in [-0.25, -0.2) is 0 Å². The standard InChI is InChI=1S/C13H17BrClNS/c1-2-12-9-16(5-6-17-12)11-4-3-10(8-14)13(15)7-11/h3-4,7,12H,2,5-6,8-9H2,1H3. The topological polar surface area (TPSA) is 3.24 Å². The van der Waals surface area contributed by atoms with E-state index in [0.29, 0.717) is 0 Å². The quantitative estimate of drug-likeness (QED) is 0.745. The number of halogens is 2. The summed E-state index contributed by atoms with van der Waals surface area (Å²) in [4.78, 5) is 2.45. The Kier molecular flexibility index (Phi) is 5.07. The van der Waals surface area contributed by atoms with Gasteiger partial charge in [0.05, 0.1) is 0 Å². The van der Waals surface area contributed by atoms with Crippen LogP contribution in [0.5, 0.6) is 0 Å². The molecule has 2 rings (SSSR count). The zero-order valence-electron chi connectivity index (χ0n) is 9.96. The van der Waals surface area contributed by atoms with Crippen molar-refractivity contribution in [3.8, 4) is 0 Å². The first kappa shape index (κ1) is 13.6. The molecule has 0 amide bonds. The second kappa shape index (κ2) is 6.35. The van der Waals surface area contributed by atoms with E-state index in [4.69, 9.17) is 11.6 Å². The predicted molar refractivity (Wildman–Crippen MR) is 82.8 cm³/mol. The summed E-state index contributed by atoms with van der Waals surface area (Å²) < 4.78 is 0. The number of alkyl halides is 1. The van der Waals surface area contributed by atoms with Crippen molar-refractivity contribution in [2.24, 2.45) is 0 Å². The maximum absolute atomic E-state index is 6.26. The number of thioether (sulfide) groups is 1. The van der Waals surface area contributed by atoms with Gasteiger partial charge in [-0.15, -0.1) is 0 Å². The summed E-state index contributed by atoms with van der Waals surface area (Å²) in [5.41, 5.74) is 2.42. The summed E-state index contributed by atoms with van der Waals surface area (Å²) in [7, 11) is 0. The highest BCUT2D eigenvalue weighted by Crippen LogP contribution is 2.29. The number of hydrogen-bond donors (Lipinski definition) is 0.